The van der Waals surface area contributed by atoms with E-state index in [4.69, 9.17) is 11.6 Å². The van der Waals surface area contributed by atoms with E-state index in [1.165, 1.54) is 7.11 Å². The van der Waals surface area contributed by atoms with Crippen molar-refractivity contribution in [2.24, 2.45) is 4.99 Å². The smallest absolute Gasteiger partial charge is 0.334 e. The highest BCUT2D eigenvalue weighted by molar-refractivity contribution is 6.20. The van der Waals surface area contributed by atoms with Crippen molar-refractivity contribution in [3.05, 3.63) is 35.9 Å². The number of hydrogen-bond acceptors (Lipinski definition) is 3. The van der Waals surface area contributed by atoms with Gasteiger partial charge in [0.05, 0.1) is 13.0 Å². The van der Waals surface area contributed by atoms with Crippen LogP contribution in [0, 0.1) is 0 Å². The van der Waals surface area contributed by atoms with Crippen LogP contribution >= 0.6 is 11.6 Å². The summed E-state index contributed by atoms with van der Waals surface area (Å²) in [6.45, 7) is 1.64. The minimum Gasteiger partial charge on any atom is -0.467 e. The maximum Gasteiger partial charge on any atom is 0.334 e. The monoisotopic (exact) mass is 239 g/mol. The van der Waals surface area contributed by atoms with Gasteiger partial charge in [0.1, 0.15) is 0 Å². The normalized spacial score (nSPS) is 14.7. The topological polar surface area (TPSA) is 38.7 Å². The fraction of sp³-hybridized carbons (Fsp3) is 0.333. The summed E-state index contributed by atoms with van der Waals surface area (Å²) in [5.74, 6) is -0.349. The first-order chi connectivity index (χ1) is 7.62. The number of aliphatic imine (C=N–C) groups is 1. The van der Waals surface area contributed by atoms with Crippen LogP contribution in [0.25, 0.3) is 0 Å². The van der Waals surface area contributed by atoms with E-state index in [0.717, 1.165) is 5.56 Å². The van der Waals surface area contributed by atoms with E-state index in [0.29, 0.717) is 0 Å². The molecule has 0 amide bonds. The molecule has 0 aliphatic carbocycles. The SMILES string of the molecule is COC(=O)C(C)(CCl)N=Cc1ccccc1. The molecule has 1 aromatic carbocycles. The summed E-state index contributed by atoms with van der Waals surface area (Å²) in [5, 5.41) is 0. The molecule has 0 saturated heterocycles. The lowest BCUT2D eigenvalue weighted by atomic mass is 10.1. The van der Waals surface area contributed by atoms with Crippen LogP contribution < -0.4 is 0 Å². The second-order valence-corrected chi connectivity index (χ2v) is 3.84. The molecule has 4 heteroatoms. The van der Waals surface area contributed by atoms with Gasteiger partial charge in [-0.1, -0.05) is 30.3 Å². The van der Waals surface area contributed by atoms with Gasteiger partial charge in [0, 0.05) is 6.21 Å². The quantitative estimate of drug-likeness (QED) is 0.459. The van der Waals surface area contributed by atoms with Gasteiger partial charge < -0.3 is 4.74 Å². The fourth-order valence-corrected chi connectivity index (χ4v) is 1.30. The largest absolute Gasteiger partial charge is 0.467 e. The van der Waals surface area contributed by atoms with Gasteiger partial charge in [-0.15, -0.1) is 11.6 Å². The Labute approximate surface area is 100 Å². The molecule has 1 unspecified atom stereocenters. The first-order valence-electron chi connectivity index (χ1n) is 4.87. The van der Waals surface area contributed by atoms with Gasteiger partial charge in [-0.05, 0) is 12.5 Å². The van der Waals surface area contributed by atoms with Crippen LogP contribution in [-0.2, 0) is 9.53 Å². The number of rotatable bonds is 4. The fourth-order valence-electron chi connectivity index (χ4n) is 1.12. The Morgan fingerprint density at radius 1 is 1.50 bits per heavy atom. The molecule has 0 spiro atoms. The number of halogens is 1. The zero-order valence-electron chi connectivity index (χ0n) is 9.31. The molecule has 0 radical (unpaired) electrons. The highest BCUT2D eigenvalue weighted by Crippen LogP contribution is 2.14. The van der Waals surface area contributed by atoms with E-state index in [1.807, 2.05) is 30.3 Å². The van der Waals surface area contributed by atoms with E-state index in [-0.39, 0.29) is 5.88 Å². The van der Waals surface area contributed by atoms with Crippen LogP contribution in [0.4, 0.5) is 0 Å². The van der Waals surface area contributed by atoms with Crippen molar-refractivity contribution in [1.29, 1.82) is 0 Å². The summed E-state index contributed by atoms with van der Waals surface area (Å²) in [7, 11) is 1.32. The van der Waals surface area contributed by atoms with E-state index in [2.05, 4.69) is 9.73 Å². The van der Waals surface area contributed by atoms with Crippen molar-refractivity contribution >= 4 is 23.8 Å². The number of carbonyl (C=O) groups excluding carboxylic acids is 1. The van der Waals surface area contributed by atoms with Gasteiger partial charge in [-0.25, -0.2) is 4.79 Å². The Morgan fingerprint density at radius 3 is 2.62 bits per heavy atom. The van der Waals surface area contributed by atoms with Gasteiger partial charge in [0.25, 0.3) is 0 Å². The van der Waals surface area contributed by atoms with E-state index >= 15 is 0 Å². The molecule has 0 saturated carbocycles. The molecule has 0 aromatic heterocycles. The molecule has 0 N–H and O–H groups in total. The molecule has 0 bridgehead atoms. The molecule has 3 nitrogen and oxygen atoms in total. The molecular formula is C12H14ClNO2. The molecule has 0 aliphatic rings. The number of ether oxygens (including phenoxy) is 1. The molecule has 0 fully saturated rings. The molecule has 0 heterocycles. The maximum atomic E-state index is 11.5. The number of benzene rings is 1. The molecular weight excluding hydrogens is 226 g/mol. The first kappa shape index (κ1) is 12.7. The minimum atomic E-state index is -1.02. The number of methoxy groups -OCH3 is 1. The van der Waals surface area contributed by atoms with E-state index in [1.54, 1.807) is 13.1 Å². The van der Waals surface area contributed by atoms with Crippen molar-refractivity contribution in [3.63, 3.8) is 0 Å². The molecule has 1 aromatic rings. The molecule has 1 atom stereocenters. The van der Waals surface area contributed by atoms with Gasteiger partial charge >= 0.3 is 5.97 Å². The van der Waals surface area contributed by atoms with E-state index in [9.17, 15) is 4.79 Å². The van der Waals surface area contributed by atoms with Crippen LogP contribution in [-0.4, -0.2) is 30.7 Å². The second kappa shape index (κ2) is 5.66. The van der Waals surface area contributed by atoms with Crippen molar-refractivity contribution in [3.8, 4) is 0 Å². The van der Waals surface area contributed by atoms with Crippen LogP contribution in [0.15, 0.2) is 35.3 Å². The zero-order chi connectivity index (χ0) is 12.0. The Balaban J connectivity index is 2.85. The standard InChI is InChI=1S/C12H14ClNO2/c1-12(9-13,11(15)16-2)14-8-10-6-4-3-5-7-10/h3-8H,9H2,1-2H3. The molecule has 86 valence electrons. The Morgan fingerprint density at radius 2 is 2.12 bits per heavy atom. The summed E-state index contributed by atoms with van der Waals surface area (Å²) < 4.78 is 4.66. The number of esters is 1. The maximum absolute atomic E-state index is 11.5. The first-order valence-corrected chi connectivity index (χ1v) is 5.40. The van der Waals surface area contributed by atoms with Gasteiger partial charge in [-0.2, -0.15) is 0 Å². The van der Waals surface area contributed by atoms with Crippen molar-refractivity contribution < 1.29 is 9.53 Å². The molecule has 1 rings (SSSR count). The van der Waals surface area contributed by atoms with Gasteiger partial charge in [0.15, 0.2) is 5.54 Å². The Hall–Kier alpha value is -1.35. The predicted octanol–water partition coefficient (Wildman–Crippen LogP) is 2.28. The molecule has 16 heavy (non-hydrogen) atoms. The lowest BCUT2D eigenvalue weighted by molar-refractivity contribution is -0.145. The van der Waals surface area contributed by atoms with Gasteiger partial charge in [0.2, 0.25) is 0 Å². The summed E-state index contributed by atoms with van der Waals surface area (Å²) in [6.07, 6.45) is 1.62. The third-order valence-corrected chi connectivity index (χ3v) is 2.70. The van der Waals surface area contributed by atoms with Crippen LogP contribution in [0.1, 0.15) is 12.5 Å². The lowest BCUT2D eigenvalue weighted by Crippen LogP contribution is -2.36. The average molecular weight is 240 g/mol. The zero-order valence-corrected chi connectivity index (χ0v) is 10.1. The number of alkyl halides is 1. The van der Waals surface area contributed by atoms with Crippen molar-refractivity contribution in [2.75, 3.05) is 13.0 Å². The minimum absolute atomic E-state index is 0.0863. The van der Waals surface area contributed by atoms with E-state index < -0.39 is 11.5 Å². The van der Waals surface area contributed by atoms with Crippen molar-refractivity contribution in [2.45, 2.75) is 12.5 Å². The third kappa shape index (κ3) is 3.07. The van der Waals surface area contributed by atoms with Gasteiger partial charge in [-0.3, -0.25) is 4.99 Å². The Bertz CT molecular complexity index is 378. The summed E-state index contributed by atoms with van der Waals surface area (Å²) >= 11 is 5.73. The van der Waals surface area contributed by atoms with Crippen LogP contribution in [0.3, 0.4) is 0 Å². The van der Waals surface area contributed by atoms with Crippen LogP contribution in [0.2, 0.25) is 0 Å². The summed E-state index contributed by atoms with van der Waals surface area (Å²) in [4.78, 5) is 15.6. The predicted molar refractivity (Wildman–Crippen MR) is 65.2 cm³/mol. The highest BCUT2D eigenvalue weighted by Gasteiger charge is 2.32. The second-order valence-electron chi connectivity index (χ2n) is 3.57. The summed E-state index contributed by atoms with van der Waals surface area (Å²) in [5.41, 5.74) is -0.102. The number of nitrogens with zero attached hydrogens (tertiary/aromatic N) is 1. The molecule has 0 aliphatic heterocycles. The van der Waals surface area contributed by atoms with Crippen molar-refractivity contribution in [1.82, 2.24) is 0 Å². The number of carbonyl (C=O) groups is 1. The summed E-state index contributed by atoms with van der Waals surface area (Å²) in [6, 6.07) is 9.51. The Kier molecular flexibility index (Phi) is 4.50. The highest BCUT2D eigenvalue weighted by atomic mass is 35.5. The number of hydrogen-bond donors (Lipinski definition) is 0. The average Bonchev–Trinajstić information content (AvgIpc) is 2.36. The lowest BCUT2D eigenvalue weighted by Gasteiger charge is -2.18. The van der Waals surface area contributed by atoms with Crippen LogP contribution in [0.5, 0.6) is 0 Å². The third-order valence-electron chi connectivity index (χ3n) is 2.18.